The second-order valence-electron chi connectivity index (χ2n) is 2.87. The highest BCUT2D eigenvalue weighted by atomic mass is 32.2. The summed E-state index contributed by atoms with van der Waals surface area (Å²) in [5, 5.41) is 0. The Kier molecular flexibility index (Phi) is 3.75. The molecule has 0 amide bonds. The zero-order chi connectivity index (χ0) is 9.84. The molecule has 72 valence electrons. The first-order valence-electron chi connectivity index (χ1n) is 4.33. The highest BCUT2D eigenvalue weighted by molar-refractivity contribution is 7.99. The standard InChI is InChI=1S/C10H14FNS/c1-3-13-9-6-4-5-8(11)10(9)7(2)12/h4-7H,3,12H2,1-2H3. The molecule has 1 unspecified atom stereocenters. The van der Waals surface area contributed by atoms with E-state index >= 15 is 0 Å². The van der Waals surface area contributed by atoms with Crippen LogP contribution in [0.4, 0.5) is 4.39 Å². The average molecular weight is 199 g/mol. The van der Waals surface area contributed by atoms with Gasteiger partial charge in [0.05, 0.1) is 0 Å². The summed E-state index contributed by atoms with van der Waals surface area (Å²) in [4.78, 5) is 0.956. The number of hydrogen-bond donors (Lipinski definition) is 1. The van der Waals surface area contributed by atoms with Gasteiger partial charge in [0.15, 0.2) is 0 Å². The molecular formula is C10H14FNS. The van der Waals surface area contributed by atoms with E-state index in [-0.39, 0.29) is 11.9 Å². The summed E-state index contributed by atoms with van der Waals surface area (Å²) in [6, 6.07) is 4.85. The van der Waals surface area contributed by atoms with Crippen LogP contribution >= 0.6 is 11.8 Å². The lowest BCUT2D eigenvalue weighted by atomic mass is 10.1. The number of thioether (sulfide) groups is 1. The molecule has 0 saturated heterocycles. The van der Waals surface area contributed by atoms with Crippen LogP contribution in [-0.4, -0.2) is 5.75 Å². The van der Waals surface area contributed by atoms with E-state index < -0.39 is 0 Å². The van der Waals surface area contributed by atoms with Crippen molar-refractivity contribution in [2.75, 3.05) is 5.75 Å². The maximum atomic E-state index is 13.3. The van der Waals surface area contributed by atoms with Gasteiger partial charge in [-0.15, -0.1) is 11.8 Å². The fourth-order valence-electron chi connectivity index (χ4n) is 1.24. The van der Waals surface area contributed by atoms with E-state index in [0.29, 0.717) is 5.56 Å². The van der Waals surface area contributed by atoms with Gasteiger partial charge >= 0.3 is 0 Å². The van der Waals surface area contributed by atoms with Gasteiger partial charge in [0.25, 0.3) is 0 Å². The highest BCUT2D eigenvalue weighted by Gasteiger charge is 2.11. The van der Waals surface area contributed by atoms with Crippen molar-refractivity contribution in [1.29, 1.82) is 0 Å². The lowest BCUT2D eigenvalue weighted by molar-refractivity contribution is 0.585. The molecule has 0 radical (unpaired) electrons. The molecule has 3 heteroatoms. The van der Waals surface area contributed by atoms with Crippen LogP contribution in [0.1, 0.15) is 25.5 Å². The van der Waals surface area contributed by atoms with E-state index in [2.05, 4.69) is 0 Å². The van der Waals surface area contributed by atoms with Gasteiger partial charge < -0.3 is 5.73 Å². The first kappa shape index (κ1) is 10.5. The van der Waals surface area contributed by atoms with Crippen LogP contribution in [0.15, 0.2) is 23.1 Å². The number of hydrogen-bond acceptors (Lipinski definition) is 2. The van der Waals surface area contributed by atoms with E-state index in [4.69, 9.17) is 5.73 Å². The van der Waals surface area contributed by atoms with E-state index in [9.17, 15) is 4.39 Å². The van der Waals surface area contributed by atoms with Crippen molar-refractivity contribution >= 4 is 11.8 Å². The van der Waals surface area contributed by atoms with Crippen LogP contribution in [0.2, 0.25) is 0 Å². The third kappa shape index (κ3) is 2.45. The molecule has 0 spiro atoms. The number of nitrogens with two attached hydrogens (primary N) is 1. The molecule has 0 bridgehead atoms. The largest absolute Gasteiger partial charge is 0.324 e. The lowest BCUT2D eigenvalue weighted by Crippen LogP contribution is -2.08. The van der Waals surface area contributed by atoms with Crippen molar-refractivity contribution in [3.05, 3.63) is 29.6 Å². The van der Waals surface area contributed by atoms with Crippen LogP contribution < -0.4 is 5.73 Å². The van der Waals surface area contributed by atoms with Crippen molar-refractivity contribution in [2.24, 2.45) is 5.73 Å². The minimum absolute atomic E-state index is 0.201. The molecule has 1 atom stereocenters. The summed E-state index contributed by atoms with van der Waals surface area (Å²) >= 11 is 1.62. The molecule has 0 fully saturated rings. The van der Waals surface area contributed by atoms with Crippen molar-refractivity contribution in [3.8, 4) is 0 Å². The Bertz CT molecular complexity index is 286. The van der Waals surface area contributed by atoms with Crippen LogP contribution in [0.25, 0.3) is 0 Å². The van der Waals surface area contributed by atoms with Crippen molar-refractivity contribution in [3.63, 3.8) is 0 Å². The van der Waals surface area contributed by atoms with Gasteiger partial charge in [0, 0.05) is 16.5 Å². The van der Waals surface area contributed by atoms with Crippen molar-refractivity contribution < 1.29 is 4.39 Å². The SMILES string of the molecule is CCSc1cccc(F)c1C(C)N. The number of halogens is 1. The molecule has 1 nitrogen and oxygen atoms in total. The number of rotatable bonds is 3. The first-order chi connectivity index (χ1) is 6.16. The monoisotopic (exact) mass is 199 g/mol. The van der Waals surface area contributed by atoms with Gasteiger partial charge in [0.2, 0.25) is 0 Å². The minimum Gasteiger partial charge on any atom is -0.324 e. The fraction of sp³-hybridized carbons (Fsp3) is 0.400. The Morgan fingerprint density at radius 2 is 2.23 bits per heavy atom. The van der Waals surface area contributed by atoms with Crippen LogP contribution in [-0.2, 0) is 0 Å². The molecule has 0 heterocycles. The summed E-state index contributed by atoms with van der Waals surface area (Å²) in [5.41, 5.74) is 6.33. The summed E-state index contributed by atoms with van der Waals surface area (Å²) in [7, 11) is 0. The maximum Gasteiger partial charge on any atom is 0.129 e. The van der Waals surface area contributed by atoms with Crippen LogP contribution in [0.3, 0.4) is 0 Å². The van der Waals surface area contributed by atoms with Crippen LogP contribution in [0.5, 0.6) is 0 Å². The van der Waals surface area contributed by atoms with E-state index in [1.54, 1.807) is 24.8 Å². The van der Waals surface area contributed by atoms with Crippen LogP contribution in [0, 0.1) is 5.82 Å². The second kappa shape index (κ2) is 4.63. The Morgan fingerprint density at radius 1 is 1.54 bits per heavy atom. The van der Waals surface area contributed by atoms with Crippen molar-refractivity contribution in [1.82, 2.24) is 0 Å². The maximum absolute atomic E-state index is 13.3. The molecular weight excluding hydrogens is 185 g/mol. The average Bonchev–Trinajstić information content (AvgIpc) is 2.04. The van der Waals surface area contributed by atoms with E-state index in [0.717, 1.165) is 10.6 Å². The predicted molar refractivity (Wildman–Crippen MR) is 55.4 cm³/mol. The third-order valence-corrected chi connectivity index (χ3v) is 2.72. The zero-order valence-corrected chi connectivity index (χ0v) is 8.70. The van der Waals surface area contributed by atoms with Gasteiger partial charge in [-0.1, -0.05) is 13.0 Å². The Morgan fingerprint density at radius 3 is 2.77 bits per heavy atom. The molecule has 2 N–H and O–H groups in total. The van der Waals surface area contributed by atoms with E-state index in [1.807, 2.05) is 13.0 Å². The van der Waals surface area contributed by atoms with Gasteiger partial charge in [-0.05, 0) is 24.8 Å². The molecule has 0 saturated carbocycles. The summed E-state index contributed by atoms with van der Waals surface area (Å²) in [6.45, 7) is 3.85. The van der Waals surface area contributed by atoms with Gasteiger partial charge in [0.1, 0.15) is 5.82 Å². The second-order valence-corrected chi connectivity index (χ2v) is 4.18. The molecule has 0 aliphatic rings. The van der Waals surface area contributed by atoms with E-state index in [1.165, 1.54) is 6.07 Å². The summed E-state index contributed by atoms with van der Waals surface area (Å²) < 4.78 is 13.3. The predicted octanol–water partition coefficient (Wildman–Crippen LogP) is 2.96. The Hall–Kier alpha value is -0.540. The Balaban J connectivity index is 3.10. The third-order valence-electron chi connectivity index (χ3n) is 1.77. The highest BCUT2D eigenvalue weighted by Crippen LogP contribution is 2.28. The quantitative estimate of drug-likeness (QED) is 0.757. The lowest BCUT2D eigenvalue weighted by Gasteiger charge is -2.12. The normalized spacial score (nSPS) is 12.9. The molecule has 1 aromatic rings. The molecule has 1 aromatic carbocycles. The topological polar surface area (TPSA) is 26.0 Å². The number of benzene rings is 1. The van der Waals surface area contributed by atoms with Gasteiger partial charge in [-0.3, -0.25) is 0 Å². The summed E-state index contributed by atoms with van der Waals surface area (Å²) in [5.74, 6) is 0.733. The first-order valence-corrected chi connectivity index (χ1v) is 5.32. The smallest absolute Gasteiger partial charge is 0.129 e. The molecule has 0 aromatic heterocycles. The summed E-state index contributed by atoms with van der Waals surface area (Å²) in [6.07, 6.45) is 0. The minimum atomic E-state index is -0.241. The molecule has 1 rings (SSSR count). The molecule has 0 aliphatic heterocycles. The zero-order valence-electron chi connectivity index (χ0n) is 7.88. The van der Waals surface area contributed by atoms with Crippen molar-refractivity contribution in [2.45, 2.75) is 24.8 Å². The molecule has 0 aliphatic carbocycles. The Labute approximate surface area is 82.5 Å². The molecule has 13 heavy (non-hydrogen) atoms. The fourth-order valence-corrected chi connectivity index (χ4v) is 2.17. The van der Waals surface area contributed by atoms with Gasteiger partial charge in [-0.25, -0.2) is 4.39 Å². The van der Waals surface area contributed by atoms with Gasteiger partial charge in [-0.2, -0.15) is 0 Å².